The molecule has 1 aliphatic heterocycles. The molecule has 2 atom stereocenters. The van der Waals surface area contributed by atoms with E-state index in [9.17, 15) is 22.0 Å². The Kier molecular flexibility index (Phi) is 8.28. The third-order valence-corrected chi connectivity index (χ3v) is 6.55. The molecule has 202 valence electrons. The molecule has 1 saturated heterocycles. The van der Waals surface area contributed by atoms with Crippen LogP contribution in [0.1, 0.15) is 35.6 Å². The summed E-state index contributed by atoms with van der Waals surface area (Å²) < 4.78 is 102. The molecule has 1 fully saturated rings. The van der Waals surface area contributed by atoms with E-state index in [0.29, 0.717) is 37.3 Å². The van der Waals surface area contributed by atoms with Crippen LogP contribution < -0.4 is 4.74 Å². The van der Waals surface area contributed by atoms with Crippen LogP contribution in [0, 0.1) is 36.1 Å². The normalized spacial score (nSPS) is 17.8. The van der Waals surface area contributed by atoms with E-state index < -0.39 is 45.7 Å². The fourth-order valence-electron chi connectivity index (χ4n) is 4.43. The van der Waals surface area contributed by atoms with Crippen molar-refractivity contribution < 1.29 is 40.6 Å². The van der Waals surface area contributed by atoms with Crippen molar-refractivity contribution >= 4 is 11.6 Å². The lowest BCUT2D eigenvalue weighted by Gasteiger charge is -2.29. The van der Waals surface area contributed by atoms with Gasteiger partial charge in [0.15, 0.2) is 11.6 Å². The van der Waals surface area contributed by atoms with E-state index in [-0.39, 0.29) is 28.7 Å². The van der Waals surface area contributed by atoms with Gasteiger partial charge in [-0.1, -0.05) is 36.4 Å². The number of halogens is 7. The van der Waals surface area contributed by atoms with Crippen molar-refractivity contribution in [1.82, 2.24) is 0 Å². The molecule has 0 aromatic heterocycles. The van der Waals surface area contributed by atoms with Gasteiger partial charge in [0.1, 0.15) is 22.9 Å². The quantitative estimate of drug-likeness (QED) is 0.158. The zero-order chi connectivity index (χ0) is 27.6. The van der Waals surface area contributed by atoms with Gasteiger partial charge in [0.05, 0.1) is 30.6 Å². The average molecular weight is 557 g/mol. The number of benzene rings is 3. The van der Waals surface area contributed by atoms with Gasteiger partial charge in [0, 0.05) is 23.6 Å². The van der Waals surface area contributed by atoms with E-state index in [1.54, 1.807) is 6.07 Å². The monoisotopic (exact) mass is 556 g/mol. The zero-order valence-corrected chi connectivity index (χ0v) is 20.9. The minimum atomic E-state index is -4.27. The van der Waals surface area contributed by atoms with Crippen LogP contribution in [0.2, 0.25) is 5.02 Å². The number of hydrogen-bond donors (Lipinski definition) is 0. The van der Waals surface area contributed by atoms with Crippen LogP contribution in [0.4, 0.5) is 26.3 Å². The highest BCUT2D eigenvalue weighted by atomic mass is 35.5. The van der Waals surface area contributed by atoms with Crippen molar-refractivity contribution in [2.24, 2.45) is 5.92 Å². The minimum Gasteiger partial charge on any atom is -0.501 e. The van der Waals surface area contributed by atoms with Crippen molar-refractivity contribution in [2.45, 2.75) is 32.0 Å². The second-order valence-corrected chi connectivity index (χ2v) is 9.38. The zero-order valence-electron chi connectivity index (χ0n) is 20.2. The summed E-state index contributed by atoms with van der Waals surface area (Å²) in [6.07, 6.45) is -1.74. The lowest BCUT2D eigenvalue weighted by atomic mass is 9.93. The van der Waals surface area contributed by atoms with E-state index in [1.807, 2.05) is 0 Å². The highest BCUT2D eigenvalue weighted by molar-refractivity contribution is 6.30. The molecule has 0 bridgehead atoms. The molecular formula is C28H23ClF6O3. The Morgan fingerprint density at radius 3 is 2.39 bits per heavy atom. The molecule has 0 aliphatic carbocycles. The Morgan fingerprint density at radius 2 is 1.79 bits per heavy atom. The molecule has 3 aromatic carbocycles. The van der Waals surface area contributed by atoms with Gasteiger partial charge < -0.3 is 14.2 Å². The number of alkyl halides is 2. The first-order valence-electron chi connectivity index (χ1n) is 11.7. The third kappa shape index (κ3) is 5.94. The number of hydrogen-bond acceptors (Lipinski definition) is 3. The molecule has 3 nitrogen and oxygen atoms in total. The third-order valence-electron chi connectivity index (χ3n) is 6.28. The van der Waals surface area contributed by atoms with Gasteiger partial charge in [-0.25, -0.2) is 17.6 Å². The number of rotatable bonds is 8. The Hall–Kier alpha value is -3.17. The topological polar surface area (TPSA) is 27.7 Å². The summed E-state index contributed by atoms with van der Waals surface area (Å²) in [5.41, 5.74) is -0.735. The first-order valence-corrected chi connectivity index (χ1v) is 12.0. The summed E-state index contributed by atoms with van der Waals surface area (Å²) in [5.74, 6) is -5.57. The molecule has 3 aromatic rings. The predicted molar refractivity (Wildman–Crippen MR) is 130 cm³/mol. The maximum absolute atomic E-state index is 15.1. The first kappa shape index (κ1) is 27.9. The molecule has 0 spiro atoms. The maximum atomic E-state index is 15.1. The first-order chi connectivity index (χ1) is 18.0. The molecule has 1 aliphatic rings. The molecule has 0 amide bonds. The van der Waals surface area contributed by atoms with Crippen LogP contribution in [0.5, 0.6) is 5.75 Å². The van der Waals surface area contributed by atoms with Crippen LogP contribution in [0.25, 0.3) is 11.1 Å². The molecule has 0 saturated carbocycles. The Bertz CT molecular complexity index is 1290. The van der Waals surface area contributed by atoms with Crippen molar-refractivity contribution in [3.63, 3.8) is 0 Å². The second-order valence-electron chi connectivity index (χ2n) is 8.97. The van der Waals surface area contributed by atoms with E-state index in [0.717, 1.165) is 12.5 Å². The fraction of sp³-hybridized carbons (Fsp3) is 0.286. The van der Waals surface area contributed by atoms with Crippen molar-refractivity contribution in [3.05, 3.63) is 100 Å². The van der Waals surface area contributed by atoms with Crippen LogP contribution in [-0.2, 0) is 15.6 Å². The van der Waals surface area contributed by atoms with Crippen LogP contribution in [0.15, 0.2) is 55.3 Å². The van der Waals surface area contributed by atoms with E-state index in [1.165, 1.54) is 31.4 Å². The molecular weight excluding hydrogens is 534 g/mol. The van der Waals surface area contributed by atoms with Crippen molar-refractivity contribution in [2.75, 3.05) is 13.2 Å². The highest BCUT2D eigenvalue weighted by Gasteiger charge is 2.40. The number of ether oxygens (including phenoxy) is 3. The Balaban J connectivity index is 1.55. The summed E-state index contributed by atoms with van der Waals surface area (Å²) >= 11 is 5.48. The molecule has 2 unspecified atom stereocenters. The van der Waals surface area contributed by atoms with Gasteiger partial charge in [0.2, 0.25) is 0 Å². The summed E-state index contributed by atoms with van der Waals surface area (Å²) in [6.45, 7) is 5.64. The number of aryl methyl sites for hydroxylation is 1. The van der Waals surface area contributed by atoms with Crippen LogP contribution in [0.3, 0.4) is 0 Å². The van der Waals surface area contributed by atoms with Gasteiger partial charge >= 0.3 is 6.11 Å². The molecule has 1 heterocycles. The van der Waals surface area contributed by atoms with Crippen molar-refractivity contribution in [3.8, 4) is 16.9 Å². The van der Waals surface area contributed by atoms with E-state index in [2.05, 4.69) is 11.3 Å². The van der Waals surface area contributed by atoms with E-state index >= 15 is 4.39 Å². The highest BCUT2D eigenvalue weighted by Crippen LogP contribution is 2.39. The van der Waals surface area contributed by atoms with E-state index in [4.69, 9.17) is 21.1 Å². The van der Waals surface area contributed by atoms with Crippen LogP contribution >= 0.6 is 11.6 Å². The van der Waals surface area contributed by atoms with Crippen LogP contribution in [-0.4, -0.2) is 13.2 Å². The minimum absolute atomic E-state index is 0.00647. The molecule has 10 heteroatoms. The molecule has 0 N–H and O–H groups in total. The SMILES string of the molecule is C=COCC1CCC(c2ccc(-c3cc(C)c(C(F)(F)Oc4cc(F)c(F)c(Cl)c4)c(F)c3)c(F)c2)OC1. The largest absolute Gasteiger partial charge is 0.501 e. The fourth-order valence-corrected chi connectivity index (χ4v) is 4.63. The Morgan fingerprint density at radius 1 is 1.03 bits per heavy atom. The van der Waals surface area contributed by atoms with Gasteiger partial charge in [-0.15, -0.1) is 0 Å². The average Bonchev–Trinajstić information content (AvgIpc) is 2.85. The lowest BCUT2D eigenvalue weighted by molar-refractivity contribution is -0.188. The van der Waals surface area contributed by atoms with Gasteiger partial charge in [0.25, 0.3) is 0 Å². The van der Waals surface area contributed by atoms with Gasteiger partial charge in [-0.2, -0.15) is 8.78 Å². The lowest BCUT2D eigenvalue weighted by Crippen LogP contribution is -2.25. The maximum Gasteiger partial charge on any atom is 0.429 e. The smallest absolute Gasteiger partial charge is 0.429 e. The molecule has 38 heavy (non-hydrogen) atoms. The van der Waals surface area contributed by atoms with Gasteiger partial charge in [-0.3, -0.25) is 0 Å². The molecule has 4 rings (SSSR count). The Labute approximate surface area is 220 Å². The van der Waals surface area contributed by atoms with Gasteiger partial charge in [-0.05, 0) is 48.6 Å². The van der Waals surface area contributed by atoms with Crippen molar-refractivity contribution in [1.29, 1.82) is 0 Å². The predicted octanol–water partition coefficient (Wildman–Crippen LogP) is 8.63. The second kappa shape index (κ2) is 11.3. The molecule has 0 radical (unpaired) electrons. The summed E-state index contributed by atoms with van der Waals surface area (Å²) in [6, 6.07) is 7.34. The summed E-state index contributed by atoms with van der Waals surface area (Å²) in [4.78, 5) is 0. The summed E-state index contributed by atoms with van der Waals surface area (Å²) in [7, 11) is 0. The summed E-state index contributed by atoms with van der Waals surface area (Å²) in [5, 5.41) is -0.776. The standard InChI is InChI=1S/C28H23ClF6O3/c1-3-36-13-16-4-7-25(37-14-16)17-5-6-20(22(30)9-17)18-8-15(2)26(23(31)10-18)28(34,35)38-19-11-21(29)27(33)24(32)12-19/h3,5-6,8-12,16,25H,1,4,7,13-14H2,2H3.